The van der Waals surface area contributed by atoms with Crippen molar-refractivity contribution in [3.8, 4) is 0 Å². The predicted octanol–water partition coefficient (Wildman–Crippen LogP) is 2.98. The summed E-state index contributed by atoms with van der Waals surface area (Å²) in [6, 6.07) is 7.78. The SMILES string of the molecule is C=Cc1ccc(CC(C)(C)C(=O)O)cc1. The molecule has 0 fully saturated rings. The molecule has 0 bridgehead atoms. The van der Waals surface area contributed by atoms with Gasteiger partial charge in [-0.05, 0) is 31.4 Å². The third-order valence-electron chi connectivity index (χ3n) is 2.44. The van der Waals surface area contributed by atoms with Gasteiger partial charge in [0.2, 0.25) is 0 Å². The smallest absolute Gasteiger partial charge is 0.309 e. The second kappa shape index (κ2) is 4.30. The molecule has 0 aliphatic heterocycles. The molecule has 15 heavy (non-hydrogen) atoms. The molecule has 0 amide bonds. The monoisotopic (exact) mass is 204 g/mol. The van der Waals surface area contributed by atoms with Crippen LogP contribution in [0.5, 0.6) is 0 Å². The van der Waals surface area contributed by atoms with E-state index in [1.54, 1.807) is 19.9 Å². The summed E-state index contributed by atoms with van der Waals surface area (Å²) < 4.78 is 0. The lowest BCUT2D eigenvalue weighted by atomic mass is 9.86. The standard InChI is InChI=1S/C13H16O2/c1-4-10-5-7-11(8-6-10)9-13(2,3)12(14)15/h4-8H,1,9H2,2-3H3,(H,14,15). The number of carbonyl (C=O) groups is 1. The molecule has 0 radical (unpaired) electrons. The largest absolute Gasteiger partial charge is 0.481 e. The van der Waals surface area contributed by atoms with Crippen LogP contribution < -0.4 is 0 Å². The molecule has 2 nitrogen and oxygen atoms in total. The highest BCUT2D eigenvalue weighted by molar-refractivity contribution is 5.74. The van der Waals surface area contributed by atoms with Crippen LogP contribution in [0.1, 0.15) is 25.0 Å². The van der Waals surface area contributed by atoms with Crippen molar-refractivity contribution in [3.05, 3.63) is 42.0 Å². The Balaban J connectivity index is 2.81. The third kappa shape index (κ3) is 2.94. The van der Waals surface area contributed by atoms with Crippen LogP contribution in [0.3, 0.4) is 0 Å². The fraction of sp³-hybridized carbons (Fsp3) is 0.308. The average molecular weight is 204 g/mol. The van der Waals surface area contributed by atoms with E-state index in [0.29, 0.717) is 6.42 Å². The van der Waals surface area contributed by atoms with E-state index in [-0.39, 0.29) is 0 Å². The fourth-order valence-corrected chi connectivity index (χ4v) is 1.36. The Hall–Kier alpha value is -1.57. The average Bonchev–Trinajstić information content (AvgIpc) is 2.18. The molecule has 0 aliphatic rings. The van der Waals surface area contributed by atoms with E-state index < -0.39 is 11.4 Å². The van der Waals surface area contributed by atoms with E-state index in [2.05, 4.69) is 6.58 Å². The van der Waals surface area contributed by atoms with Gasteiger partial charge in [-0.2, -0.15) is 0 Å². The fourth-order valence-electron chi connectivity index (χ4n) is 1.36. The van der Waals surface area contributed by atoms with E-state index in [9.17, 15) is 4.79 Å². The molecule has 0 aliphatic carbocycles. The molecule has 2 heteroatoms. The number of hydrogen-bond donors (Lipinski definition) is 1. The summed E-state index contributed by atoms with van der Waals surface area (Å²) in [5, 5.41) is 8.99. The van der Waals surface area contributed by atoms with Crippen molar-refractivity contribution in [3.63, 3.8) is 0 Å². The maximum absolute atomic E-state index is 10.9. The van der Waals surface area contributed by atoms with Crippen molar-refractivity contribution in [1.82, 2.24) is 0 Å². The maximum Gasteiger partial charge on any atom is 0.309 e. The lowest BCUT2D eigenvalue weighted by Crippen LogP contribution is -2.26. The second-order valence-corrected chi connectivity index (χ2v) is 4.31. The molecule has 0 aromatic heterocycles. The molecule has 0 heterocycles. The zero-order chi connectivity index (χ0) is 11.5. The Morgan fingerprint density at radius 1 is 1.40 bits per heavy atom. The first-order valence-corrected chi connectivity index (χ1v) is 4.90. The molecule has 0 atom stereocenters. The van der Waals surface area contributed by atoms with Gasteiger partial charge in [0.05, 0.1) is 5.41 Å². The third-order valence-corrected chi connectivity index (χ3v) is 2.44. The minimum absolute atomic E-state index is 0.541. The Morgan fingerprint density at radius 3 is 2.33 bits per heavy atom. The molecule has 1 rings (SSSR count). The summed E-state index contributed by atoms with van der Waals surface area (Å²) in [4.78, 5) is 10.9. The second-order valence-electron chi connectivity index (χ2n) is 4.31. The lowest BCUT2D eigenvalue weighted by molar-refractivity contribution is -0.146. The molecule has 0 spiro atoms. The van der Waals surface area contributed by atoms with Crippen LogP contribution in [0.4, 0.5) is 0 Å². The minimum atomic E-state index is -0.768. The van der Waals surface area contributed by atoms with Gasteiger partial charge in [0.15, 0.2) is 0 Å². The van der Waals surface area contributed by atoms with Gasteiger partial charge in [0.25, 0.3) is 0 Å². The molecule has 0 saturated carbocycles. The Labute approximate surface area is 90.3 Å². The zero-order valence-electron chi connectivity index (χ0n) is 9.16. The van der Waals surface area contributed by atoms with Crippen molar-refractivity contribution < 1.29 is 9.90 Å². The zero-order valence-corrected chi connectivity index (χ0v) is 9.16. The molecule has 1 aromatic rings. The first-order valence-electron chi connectivity index (χ1n) is 4.90. The molecule has 80 valence electrons. The topological polar surface area (TPSA) is 37.3 Å². The van der Waals surface area contributed by atoms with E-state index >= 15 is 0 Å². The first-order chi connectivity index (χ1) is 6.95. The summed E-state index contributed by atoms with van der Waals surface area (Å²) >= 11 is 0. The highest BCUT2D eigenvalue weighted by Crippen LogP contribution is 2.22. The van der Waals surface area contributed by atoms with Crippen LogP contribution in [0, 0.1) is 5.41 Å². The number of hydrogen-bond acceptors (Lipinski definition) is 1. The van der Waals surface area contributed by atoms with Gasteiger partial charge in [0, 0.05) is 0 Å². The van der Waals surface area contributed by atoms with Crippen LogP contribution in [0.15, 0.2) is 30.8 Å². The van der Waals surface area contributed by atoms with E-state index in [0.717, 1.165) is 11.1 Å². The molecule has 0 unspecified atom stereocenters. The van der Waals surface area contributed by atoms with Gasteiger partial charge in [-0.1, -0.05) is 36.9 Å². The summed E-state index contributed by atoms with van der Waals surface area (Å²) in [6.45, 7) is 7.14. The molecule has 1 N–H and O–H groups in total. The van der Waals surface area contributed by atoms with Crippen LogP contribution >= 0.6 is 0 Å². The summed E-state index contributed by atoms with van der Waals surface area (Å²) in [6.07, 6.45) is 2.31. The predicted molar refractivity (Wildman–Crippen MR) is 61.7 cm³/mol. The number of benzene rings is 1. The molecular weight excluding hydrogens is 188 g/mol. The number of rotatable bonds is 4. The van der Waals surface area contributed by atoms with E-state index in [1.165, 1.54) is 0 Å². The van der Waals surface area contributed by atoms with Crippen molar-refractivity contribution in [1.29, 1.82) is 0 Å². The highest BCUT2D eigenvalue weighted by atomic mass is 16.4. The van der Waals surface area contributed by atoms with Crippen molar-refractivity contribution in [2.45, 2.75) is 20.3 Å². The Kier molecular flexibility index (Phi) is 3.30. The lowest BCUT2D eigenvalue weighted by Gasteiger charge is -2.18. The van der Waals surface area contributed by atoms with E-state index in [4.69, 9.17) is 5.11 Å². The maximum atomic E-state index is 10.9. The van der Waals surface area contributed by atoms with Crippen LogP contribution in [-0.2, 0) is 11.2 Å². The van der Waals surface area contributed by atoms with Gasteiger partial charge >= 0.3 is 5.97 Å². The van der Waals surface area contributed by atoms with E-state index in [1.807, 2.05) is 24.3 Å². The van der Waals surface area contributed by atoms with Crippen LogP contribution in [0.2, 0.25) is 0 Å². The van der Waals surface area contributed by atoms with Gasteiger partial charge in [-0.3, -0.25) is 4.79 Å². The Bertz CT molecular complexity index is 361. The number of carboxylic acids is 1. The quantitative estimate of drug-likeness (QED) is 0.818. The van der Waals surface area contributed by atoms with Gasteiger partial charge in [0.1, 0.15) is 0 Å². The number of aliphatic carboxylic acids is 1. The van der Waals surface area contributed by atoms with Crippen molar-refractivity contribution >= 4 is 12.0 Å². The van der Waals surface area contributed by atoms with Crippen molar-refractivity contribution in [2.75, 3.05) is 0 Å². The summed E-state index contributed by atoms with van der Waals surface area (Å²) in [5.74, 6) is -0.768. The summed E-state index contributed by atoms with van der Waals surface area (Å²) in [5.41, 5.74) is 1.37. The van der Waals surface area contributed by atoms with Gasteiger partial charge in [-0.15, -0.1) is 0 Å². The minimum Gasteiger partial charge on any atom is -0.481 e. The normalized spacial score (nSPS) is 11.1. The first kappa shape index (κ1) is 11.5. The van der Waals surface area contributed by atoms with Gasteiger partial charge in [-0.25, -0.2) is 0 Å². The molecule has 0 saturated heterocycles. The Morgan fingerprint density at radius 2 is 1.93 bits per heavy atom. The highest BCUT2D eigenvalue weighted by Gasteiger charge is 2.27. The molecular formula is C13H16O2. The molecule has 1 aromatic carbocycles. The van der Waals surface area contributed by atoms with Gasteiger partial charge < -0.3 is 5.11 Å². The van der Waals surface area contributed by atoms with Crippen LogP contribution in [0.25, 0.3) is 6.08 Å². The summed E-state index contributed by atoms with van der Waals surface area (Å²) in [7, 11) is 0. The van der Waals surface area contributed by atoms with Crippen LogP contribution in [-0.4, -0.2) is 11.1 Å². The van der Waals surface area contributed by atoms with Crippen molar-refractivity contribution in [2.24, 2.45) is 5.41 Å². The number of carboxylic acid groups (broad SMARTS) is 1.